The summed E-state index contributed by atoms with van der Waals surface area (Å²) >= 11 is 0. The average molecular weight is 408 g/mol. The molecule has 2 aliphatic heterocycles. The van der Waals surface area contributed by atoms with Gasteiger partial charge in [-0.05, 0) is 37.5 Å². The highest BCUT2D eigenvalue weighted by Gasteiger charge is 2.24. The Labute approximate surface area is 177 Å². The average Bonchev–Trinajstić information content (AvgIpc) is 3.28. The SMILES string of the molecule is O=C(/C=C/c1cnn(-c2ccccc2)c1)N1CCN(CC(=O)N2CCCCC2)CC1. The van der Waals surface area contributed by atoms with E-state index in [9.17, 15) is 9.59 Å². The number of benzene rings is 1. The van der Waals surface area contributed by atoms with Crippen molar-refractivity contribution < 1.29 is 9.59 Å². The maximum atomic E-state index is 12.5. The van der Waals surface area contributed by atoms with E-state index in [0.717, 1.165) is 50.3 Å². The summed E-state index contributed by atoms with van der Waals surface area (Å²) in [6.07, 6.45) is 10.5. The number of aromatic nitrogens is 2. The normalized spacial score (nSPS) is 18.1. The van der Waals surface area contributed by atoms with Gasteiger partial charge in [-0.2, -0.15) is 5.10 Å². The minimum atomic E-state index is 0.00414. The van der Waals surface area contributed by atoms with E-state index in [4.69, 9.17) is 0 Å². The number of rotatable bonds is 5. The molecule has 1 aromatic carbocycles. The second kappa shape index (κ2) is 9.71. The summed E-state index contributed by atoms with van der Waals surface area (Å²) in [5.74, 6) is 0.231. The van der Waals surface area contributed by atoms with Gasteiger partial charge in [0, 0.05) is 57.1 Å². The van der Waals surface area contributed by atoms with E-state index in [1.165, 1.54) is 6.42 Å². The van der Waals surface area contributed by atoms with E-state index in [1.54, 1.807) is 23.0 Å². The van der Waals surface area contributed by atoms with Crippen LogP contribution < -0.4 is 0 Å². The number of piperazine rings is 1. The molecule has 0 aliphatic carbocycles. The zero-order valence-electron chi connectivity index (χ0n) is 17.3. The van der Waals surface area contributed by atoms with Gasteiger partial charge in [-0.3, -0.25) is 14.5 Å². The van der Waals surface area contributed by atoms with Gasteiger partial charge >= 0.3 is 0 Å². The number of piperidine rings is 1. The van der Waals surface area contributed by atoms with E-state index in [2.05, 4.69) is 10.00 Å². The molecule has 2 amide bonds. The Morgan fingerprint density at radius 1 is 0.900 bits per heavy atom. The summed E-state index contributed by atoms with van der Waals surface area (Å²) in [5, 5.41) is 4.35. The summed E-state index contributed by atoms with van der Waals surface area (Å²) in [4.78, 5) is 31.0. The molecule has 0 atom stereocenters. The molecule has 7 nitrogen and oxygen atoms in total. The topological polar surface area (TPSA) is 61.7 Å². The molecular formula is C23H29N5O2. The third kappa shape index (κ3) is 5.16. The first-order valence-electron chi connectivity index (χ1n) is 10.8. The van der Waals surface area contributed by atoms with E-state index in [1.807, 2.05) is 46.3 Å². The largest absolute Gasteiger partial charge is 0.342 e. The molecule has 0 saturated carbocycles. The number of carbonyl (C=O) groups is 2. The van der Waals surface area contributed by atoms with Crippen molar-refractivity contribution in [1.29, 1.82) is 0 Å². The second-order valence-electron chi connectivity index (χ2n) is 7.93. The van der Waals surface area contributed by atoms with Crippen molar-refractivity contribution in [3.8, 4) is 5.69 Å². The molecule has 0 N–H and O–H groups in total. The molecule has 4 rings (SSSR count). The smallest absolute Gasteiger partial charge is 0.246 e. The van der Waals surface area contributed by atoms with Crippen molar-refractivity contribution in [1.82, 2.24) is 24.5 Å². The Bertz CT molecular complexity index is 878. The van der Waals surface area contributed by atoms with E-state index >= 15 is 0 Å². The third-order valence-corrected chi connectivity index (χ3v) is 5.79. The lowest BCUT2D eigenvalue weighted by atomic mass is 10.1. The Morgan fingerprint density at radius 3 is 2.37 bits per heavy atom. The fraction of sp³-hybridized carbons (Fsp3) is 0.435. The van der Waals surface area contributed by atoms with Crippen LogP contribution in [0.15, 0.2) is 48.8 Å². The summed E-state index contributed by atoms with van der Waals surface area (Å²) in [6, 6.07) is 9.88. The molecule has 3 heterocycles. The van der Waals surface area contributed by atoms with Gasteiger partial charge < -0.3 is 9.80 Å². The zero-order valence-corrected chi connectivity index (χ0v) is 17.3. The number of hydrogen-bond donors (Lipinski definition) is 0. The Hall–Kier alpha value is -2.93. The Kier molecular flexibility index (Phi) is 6.59. The van der Waals surface area contributed by atoms with E-state index < -0.39 is 0 Å². The van der Waals surface area contributed by atoms with Crippen molar-refractivity contribution in [2.24, 2.45) is 0 Å². The lowest BCUT2D eigenvalue weighted by molar-refractivity contribution is -0.134. The first-order valence-corrected chi connectivity index (χ1v) is 10.8. The van der Waals surface area contributed by atoms with Crippen LogP contribution in [-0.4, -0.2) is 82.1 Å². The van der Waals surface area contributed by atoms with Gasteiger partial charge in [-0.25, -0.2) is 4.68 Å². The lowest BCUT2D eigenvalue weighted by Gasteiger charge is -2.35. The maximum Gasteiger partial charge on any atom is 0.246 e. The van der Waals surface area contributed by atoms with Gasteiger partial charge in [-0.1, -0.05) is 18.2 Å². The van der Waals surface area contributed by atoms with Gasteiger partial charge in [0.15, 0.2) is 0 Å². The summed E-state index contributed by atoms with van der Waals surface area (Å²) in [5.41, 5.74) is 1.87. The van der Waals surface area contributed by atoms with Gasteiger partial charge in [-0.15, -0.1) is 0 Å². The second-order valence-corrected chi connectivity index (χ2v) is 7.93. The molecule has 158 valence electrons. The van der Waals surface area contributed by atoms with Gasteiger partial charge in [0.2, 0.25) is 11.8 Å². The van der Waals surface area contributed by atoms with Crippen molar-refractivity contribution in [3.05, 3.63) is 54.4 Å². The van der Waals surface area contributed by atoms with Gasteiger partial charge in [0.1, 0.15) is 0 Å². The molecule has 30 heavy (non-hydrogen) atoms. The number of hydrogen-bond acceptors (Lipinski definition) is 4. The van der Waals surface area contributed by atoms with Crippen LogP contribution in [0.2, 0.25) is 0 Å². The molecule has 0 bridgehead atoms. The van der Waals surface area contributed by atoms with Crippen LogP contribution in [0.4, 0.5) is 0 Å². The minimum Gasteiger partial charge on any atom is -0.342 e. The van der Waals surface area contributed by atoms with Crippen LogP contribution in [-0.2, 0) is 9.59 Å². The number of para-hydroxylation sites is 1. The fourth-order valence-electron chi connectivity index (χ4n) is 3.98. The fourth-order valence-corrected chi connectivity index (χ4v) is 3.98. The number of carbonyl (C=O) groups excluding carboxylic acids is 2. The van der Waals surface area contributed by atoms with Crippen molar-refractivity contribution in [3.63, 3.8) is 0 Å². The monoisotopic (exact) mass is 407 g/mol. The highest BCUT2D eigenvalue weighted by Crippen LogP contribution is 2.11. The quantitative estimate of drug-likeness (QED) is 0.712. The maximum absolute atomic E-state index is 12.5. The Morgan fingerprint density at radius 2 is 1.63 bits per heavy atom. The molecule has 2 fully saturated rings. The summed E-state index contributed by atoms with van der Waals surface area (Å²) < 4.78 is 1.79. The predicted octanol–water partition coefficient (Wildman–Crippen LogP) is 2.04. The molecule has 0 radical (unpaired) electrons. The molecule has 1 aromatic heterocycles. The molecule has 2 aliphatic rings. The van der Waals surface area contributed by atoms with Crippen molar-refractivity contribution in [2.45, 2.75) is 19.3 Å². The lowest BCUT2D eigenvalue weighted by Crippen LogP contribution is -2.51. The van der Waals surface area contributed by atoms with Gasteiger partial charge in [0.05, 0.1) is 18.4 Å². The van der Waals surface area contributed by atoms with Crippen LogP contribution >= 0.6 is 0 Å². The van der Waals surface area contributed by atoms with Crippen LogP contribution in [0.1, 0.15) is 24.8 Å². The van der Waals surface area contributed by atoms with Crippen LogP contribution in [0.5, 0.6) is 0 Å². The first kappa shape index (κ1) is 20.3. The molecule has 2 saturated heterocycles. The van der Waals surface area contributed by atoms with Crippen molar-refractivity contribution >= 4 is 17.9 Å². The van der Waals surface area contributed by atoms with Crippen LogP contribution in [0, 0.1) is 0 Å². The highest BCUT2D eigenvalue weighted by molar-refractivity contribution is 5.91. The number of amides is 2. The highest BCUT2D eigenvalue weighted by atomic mass is 16.2. The van der Waals surface area contributed by atoms with Gasteiger partial charge in [0.25, 0.3) is 0 Å². The minimum absolute atomic E-state index is 0.00414. The van der Waals surface area contributed by atoms with E-state index in [-0.39, 0.29) is 11.8 Å². The Balaban J connectivity index is 1.24. The summed E-state index contributed by atoms with van der Waals surface area (Å²) in [7, 11) is 0. The molecule has 7 heteroatoms. The molecule has 2 aromatic rings. The number of likely N-dealkylation sites (tertiary alicyclic amines) is 1. The predicted molar refractivity (Wildman–Crippen MR) is 116 cm³/mol. The standard InChI is InChI=1S/C23H29N5O2/c29-22(10-9-20-17-24-28(18-20)21-7-3-1-4-8-21)27-15-13-25(14-16-27)19-23(30)26-11-5-2-6-12-26/h1,3-4,7-10,17-18H,2,5-6,11-16,19H2/b10-9+. The zero-order chi connectivity index (χ0) is 20.8. The summed E-state index contributed by atoms with van der Waals surface area (Å²) in [6.45, 7) is 5.04. The molecule has 0 spiro atoms. The van der Waals surface area contributed by atoms with Crippen LogP contribution in [0.3, 0.4) is 0 Å². The number of nitrogens with zero attached hydrogens (tertiary/aromatic N) is 5. The van der Waals surface area contributed by atoms with E-state index in [0.29, 0.717) is 19.6 Å². The molecular weight excluding hydrogens is 378 g/mol. The first-order chi connectivity index (χ1) is 14.7. The molecule has 0 unspecified atom stereocenters. The van der Waals surface area contributed by atoms with Crippen LogP contribution in [0.25, 0.3) is 11.8 Å². The third-order valence-electron chi connectivity index (χ3n) is 5.79. The van der Waals surface area contributed by atoms with Crippen molar-refractivity contribution in [2.75, 3.05) is 45.8 Å².